The van der Waals surface area contributed by atoms with Crippen LogP contribution in [-0.4, -0.2) is 0 Å². The Bertz CT molecular complexity index is 351. The van der Waals surface area contributed by atoms with Crippen LogP contribution in [0.3, 0.4) is 0 Å². The molecular formula is C20H33. The van der Waals surface area contributed by atoms with Crippen LogP contribution in [0.25, 0.3) is 0 Å². The van der Waals surface area contributed by atoms with Gasteiger partial charge in [-0.05, 0) is 48.4 Å². The van der Waals surface area contributed by atoms with Gasteiger partial charge in [0.1, 0.15) is 0 Å². The quantitative estimate of drug-likeness (QED) is 0.415. The molecule has 0 saturated heterocycles. The van der Waals surface area contributed by atoms with Gasteiger partial charge in [-0.25, -0.2) is 0 Å². The third kappa shape index (κ3) is 6.11. The Morgan fingerprint density at radius 1 is 0.800 bits per heavy atom. The molecule has 0 aliphatic rings. The van der Waals surface area contributed by atoms with Gasteiger partial charge in [-0.3, -0.25) is 0 Å². The third-order valence-electron chi connectivity index (χ3n) is 4.21. The topological polar surface area (TPSA) is 0 Å². The molecule has 0 bridgehead atoms. The first-order valence-electron chi connectivity index (χ1n) is 8.84. The summed E-state index contributed by atoms with van der Waals surface area (Å²) in [7, 11) is 0. The van der Waals surface area contributed by atoms with E-state index in [9.17, 15) is 0 Å². The average molecular weight is 273 g/mol. The maximum absolute atomic E-state index is 3.51. The molecule has 0 heteroatoms. The third-order valence-corrected chi connectivity index (χ3v) is 4.21. The molecule has 0 unspecified atom stereocenters. The van der Waals surface area contributed by atoms with Crippen molar-refractivity contribution in [3.8, 4) is 0 Å². The van der Waals surface area contributed by atoms with Crippen LogP contribution >= 0.6 is 0 Å². The van der Waals surface area contributed by atoms with Crippen molar-refractivity contribution >= 4 is 0 Å². The Labute approximate surface area is 127 Å². The summed E-state index contributed by atoms with van der Waals surface area (Å²) >= 11 is 0. The van der Waals surface area contributed by atoms with Crippen molar-refractivity contribution in [3.05, 3.63) is 34.9 Å². The lowest BCUT2D eigenvalue weighted by Crippen LogP contribution is -2.00. The first-order valence-corrected chi connectivity index (χ1v) is 8.84. The monoisotopic (exact) mass is 273 g/mol. The molecule has 1 radical (unpaired) electrons. The molecule has 0 aliphatic heterocycles. The largest absolute Gasteiger partial charge is 0.0654 e. The van der Waals surface area contributed by atoms with Crippen molar-refractivity contribution in [3.63, 3.8) is 0 Å². The van der Waals surface area contributed by atoms with E-state index in [-0.39, 0.29) is 0 Å². The van der Waals surface area contributed by atoms with E-state index in [1.165, 1.54) is 69.8 Å². The summed E-state index contributed by atoms with van der Waals surface area (Å²) in [6.07, 6.45) is 14.6. The minimum absolute atomic E-state index is 1.16. The Balaban J connectivity index is 2.39. The molecule has 0 aliphatic carbocycles. The molecule has 20 heavy (non-hydrogen) atoms. The van der Waals surface area contributed by atoms with Crippen LogP contribution in [0, 0.1) is 6.07 Å². The number of rotatable bonds is 11. The van der Waals surface area contributed by atoms with E-state index >= 15 is 0 Å². The Morgan fingerprint density at radius 2 is 1.50 bits per heavy atom. The van der Waals surface area contributed by atoms with Crippen molar-refractivity contribution in [1.29, 1.82) is 0 Å². The van der Waals surface area contributed by atoms with Crippen molar-refractivity contribution in [1.82, 2.24) is 0 Å². The van der Waals surface area contributed by atoms with Crippen LogP contribution in [0.2, 0.25) is 0 Å². The van der Waals surface area contributed by atoms with Crippen molar-refractivity contribution < 1.29 is 0 Å². The second-order valence-corrected chi connectivity index (χ2v) is 5.93. The minimum atomic E-state index is 1.16. The second-order valence-electron chi connectivity index (χ2n) is 5.93. The fraction of sp³-hybridized carbons (Fsp3) is 0.700. The van der Waals surface area contributed by atoms with Crippen LogP contribution in [0.4, 0.5) is 0 Å². The first-order chi connectivity index (χ1) is 9.83. The van der Waals surface area contributed by atoms with Crippen LogP contribution in [0.5, 0.6) is 0 Å². The van der Waals surface area contributed by atoms with Crippen molar-refractivity contribution in [2.75, 3.05) is 0 Å². The van der Waals surface area contributed by atoms with Gasteiger partial charge in [0.2, 0.25) is 0 Å². The van der Waals surface area contributed by atoms with Gasteiger partial charge < -0.3 is 0 Å². The fourth-order valence-corrected chi connectivity index (χ4v) is 3.00. The summed E-state index contributed by atoms with van der Waals surface area (Å²) in [5.41, 5.74) is 4.65. The molecule has 0 heterocycles. The summed E-state index contributed by atoms with van der Waals surface area (Å²) in [5.74, 6) is 0. The standard InChI is InChI=1S/C20H33/c1-4-7-8-9-10-11-12-15-19-17-13-16-18(6-3)20(19)14-5-2/h13,16H,4-12,14-15H2,1-3H3. The molecule has 1 aromatic rings. The van der Waals surface area contributed by atoms with Crippen molar-refractivity contribution in [2.45, 2.75) is 91.4 Å². The summed E-state index contributed by atoms with van der Waals surface area (Å²) < 4.78 is 0. The smallest absolute Gasteiger partial charge is 0.0146 e. The zero-order chi connectivity index (χ0) is 14.6. The second kappa shape index (κ2) is 10.9. The lowest BCUT2D eigenvalue weighted by molar-refractivity contribution is 0.588. The predicted molar refractivity (Wildman–Crippen MR) is 90.3 cm³/mol. The van der Waals surface area contributed by atoms with Crippen LogP contribution in [-0.2, 0) is 19.3 Å². The number of unbranched alkanes of at least 4 members (excludes halogenated alkanes) is 6. The van der Waals surface area contributed by atoms with Gasteiger partial charge in [0.15, 0.2) is 0 Å². The van der Waals surface area contributed by atoms with Crippen molar-refractivity contribution in [2.24, 2.45) is 0 Å². The highest BCUT2D eigenvalue weighted by Gasteiger charge is 2.06. The molecule has 0 nitrogen and oxygen atoms in total. The van der Waals surface area contributed by atoms with E-state index in [1.54, 1.807) is 11.1 Å². The Kier molecular flexibility index (Phi) is 9.45. The van der Waals surface area contributed by atoms with Crippen LogP contribution in [0.1, 0.15) is 88.8 Å². The minimum Gasteiger partial charge on any atom is -0.0654 e. The van der Waals surface area contributed by atoms with E-state index in [2.05, 4.69) is 39.0 Å². The first kappa shape index (κ1) is 17.3. The van der Waals surface area contributed by atoms with Gasteiger partial charge >= 0.3 is 0 Å². The zero-order valence-electron chi connectivity index (χ0n) is 13.9. The SMILES string of the molecule is CCCCCCCCCc1[c]ccc(CC)c1CCC. The Hall–Kier alpha value is -0.780. The molecular weight excluding hydrogens is 240 g/mol. The lowest BCUT2D eigenvalue weighted by atomic mass is 9.92. The molecule has 1 aromatic carbocycles. The van der Waals surface area contributed by atoms with E-state index in [0.29, 0.717) is 0 Å². The molecule has 113 valence electrons. The maximum atomic E-state index is 3.51. The summed E-state index contributed by atoms with van der Waals surface area (Å²) in [6.45, 7) is 6.84. The molecule has 0 atom stereocenters. The molecule has 1 rings (SSSR count). The number of benzene rings is 1. The van der Waals surface area contributed by atoms with E-state index < -0.39 is 0 Å². The Morgan fingerprint density at radius 3 is 2.15 bits per heavy atom. The predicted octanol–water partition coefficient (Wildman–Crippen LogP) is 6.29. The van der Waals surface area contributed by atoms with E-state index in [0.717, 1.165) is 6.42 Å². The van der Waals surface area contributed by atoms with Gasteiger partial charge in [-0.15, -0.1) is 0 Å². The molecule has 0 saturated carbocycles. The fourth-order valence-electron chi connectivity index (χ4n) is 3.00. The van der Waals surface area contributed by atoms with E-state index in [4.69, 9.17) is 0 Å². The normalized spacial score (nSPS) is 10.9. The highest BCUT2D eigenvalue weighted by molar-refractivity contribution is 5.34. The van der Waals surface area contributed by atoms with Gasteiger partial charge in [0.25, 0.3) is 0 Å². The molecule has 0 fully saturated rings. The van der Waals surface area contributed by atoms with Crippen LogP contribution < -0.4 is 0 Å². The van der Waals surface area contributed by atoms with Crippen LogP contribution in [0.15, 0.2) is 12.1 Å². The summed E-state index contributed by atoms with van der Waals surface area (Å²) in [5, 5.41) is 0. The van der Waals surface area contributed by atoms with E-state index in [1.807, 2.05) is 0 Å². The summed E-state index contributed by atoms with van der Waals surface area (Å²) in [4.78, 5) is 0. The number of aryl methyl sites for hydroxylation is 2. The molecule has 0 spiro atoms. The zero-order valence-corrected chi connectivity index (χ0v) is 13.9. The van der Waals surface area contributed by atoms with Gasteiger partial charge in [-0.1, -0.05) is 77.8 Å². The van der Waals surface area contributed by atoms with Gasteiger partial charge in [-0.2, -0.15) is 0 Å². The van der Waals surface area contributed by atoms with Gasteiger partial charge in [0, 0.05) is 0 Å². The molecule has 0 N–H and O–H groups in total. The highest BCUT2D eigenvalue weighted by atomic mass is 14.1. The summed E-state index contributed by atoms with van der Waals surface area (Å²) in [6, 6.07) is 7.90. The maximum Gasteiger partial charge on any atom is -0.0146 e. The highest BCUT2D eigenvalue weighted by Crippen LogP contribution is 2.20. The number of hydrogen-bond acceptors (Lipinski definition) is 0. The van der Waals surface area contributed by atoms with Gasteiger partial charge in [0.05, 0.1) is 0 Å². The molecule has 0 amide bonds. The molecule has 0 aromatic heterocycles. The number of hydrogen-bond donors (Lipinski definition) is 0. The lowest BCUT2D eigenvalue weighted by Gasteiger charge is -2.13. The average Bonchev–Trinajstić information content (AvgIpc) is 2.48.